The molecule has 13 heteroatoms. The van der Waals surface area contributed by atoms with Gasteiger partial charge in [0.25, 0.3) is 5.91 Å². The number of likely N-dealkylation sites (N-methyl/N-ethyl adjacent to an activating group) is 1. The quantitative estimate of drug-likeness (QED) is 0.180. The first-order valence-corrected chi connectivity index (χ1v) is 13.7. The number of nitrogens with one attached hydrogen (secondary N) is 2. The Balaban J connectivity index is 1.58. The molecule has 0 aliphatic rings. The standard InChI is InChI=1S/C30H25Cl2F6N3O2/c1-41(28(43)18-11-20(29(33,34)35)14-21(12-18)30(36,37)38)22(13-19-16-39-26-5-3-2-4-23(19)26)7-9-27(42)40-15-17-6-8-24(31)25(32)10-17/h2-6,8,10-12,14,16,22,39H,7,9,13,15H2,1H3,(H,40,42). The lowest BCUT2D eigenvalue weighted by Gasteiger charge is -2.29. The van der Waals surface area contributed by atoms with E-state index in [2.05, 4.69) is 10.3 Å². The molecule has 1 heterocycles. The van der Waals surface area contributed by atoms with Gasteiger partial charge in [-0.05, 0) is 60.4 Å². The van der Waals surface area contributed by atoms with Crippen molar-refractivity contribution in [1.82, 2.24) is 15.2 Å². The zero-order valence-corrected chi connectivity index (χ0v) is 24.1. The van der Waals surface area contributed by atoms with Crippen LogP contribution in [0.2, 0.25) is 10.0 Å². The van der Waals surface area contributed by atoms with Gasteiger partial charge in [-0.15, -0.1) is 0 Å². The number of aromatic nitrogens is 1. The van der Waals surface area contributed by atoms with Crippen molar-refractivity contribution in [3.05, 3.63) is 105 Å². The molecule has 3 aromatic carbocycles. The average molecular weight is 644 g/mol. The number of carbonyl (C=O) groups excluding carboxylic acids is 2. The largest absolute Gasteiger partial charge is 0.416 e. The van der Waals surface area contributed by atoms with Gasteiger partial charge in [-0.1, -0.05) is 47.5 Å². The first kappa shape index (κ1) is 32.2. The minimum absolute atomic E-state index is 0.0294. The third-order valence-electron chi connectivity index (χ3n) is 7.01. The Morgan fingerprint density at radius 1 is 0.907 bits per heavy atom. The van der Waals surface area contributed by atoms with Crippen molar-refractivity contribution in [1.29, 1.82) is 0 Å². The molecule has 228 valence electrons. The fourth-order valence-electron chi connectivity index (χ4n) is 4.67. The summed E-state index contributed by atoms with van der Waals surface area (Å²) in [5.74, 6) is -1.42. The molecule has 4 aromatic rings. The van der Waals surface area contributed by atoms with Crippen molar-refractivity contribution >= 4 is 45.9 Å². The van der Waals surface area contributed by atoms with Gasteiger partial charge in [0.1, 0.15) is 0 Å². The van der Waals surface area contributed by atoms with E-state index in [1.165, 1.54) is 7.05 Å². The molecule has 0 fully saturated rings. The van der Waals surface area contributed by atoms with Crippen LogP contribution in [0.4, 0.5) is 26.3 Å². The van der Waals surface area contributed by atoms with Gasteiger partial charge in [-0.3, -0.25) is 9.59 Å². The van der Waals surface area contributed by atoms with Gasteiger partial charge in [0.15, 0.2) is 0 Å². The molecule has 4 rings (SSSR count). The van der Waals surface area contributed by atoms with Gasteiger partial charge in [0.05, 0.1) is 21.2 Å². The molecule has 1 unspecified atom stereocenters. The third kappa shape index (κ3) is 8.03. The molecule has 0 spiro atoms. The van der Waals surface area contributed by atoms with Gasteiger partial charge >= 0.3 is 12.4 Å². The number of benzene rings is 3. The first-order chi connectivity index (χ1) is 20.1. The molecule has 5 nitrogen and oxygen atoms in total. The number of aromatic amines is 1. The molecule has 0 saturated heterocycles. The van der Waals surface area contributed by atoms with E-state index >= 15 is 0 Å². The summed E-state index contributed by atoms with van der Waals surface area (Å²) < 4.78 is 80.7. The van der Waals surface area contributed by atoms with Crippen LogP contribution < -0.4 is 5.32 Å². The van der Waals surface area contributed by atoms with Gasteiger partial charge in [-0.2, -0.15) is 26.3 Å². The molecular weight excluding hydrogens is 619 g/mol. The molecule has 0 aliphatic carbocycles. The molecule has 43 heavy (non-hydrogen) atoms. The minimum Gasteiger partial charge on any atom is -0.361 e. The number of H-pyrrole nitrogens is 1. The molecule has 0 saturated carbocycles. The second-order valence-electron chi connectivity index (χ2n) is 9.99. The van der Waals surface area contributed by atoms with Crippen LogP contribution >= 0.6 is 23.2 Å². The number of hydrogen-bond donors (Lipinski definition) is 2. The minimum atomic E-state index is -5.11. The van der Waals surface area contributed by atoms with Gasteiger partial charge in [-0.25, -0.2) is 0 Å². The van der Waals surface area contributed by atoms with Gasteiger partial charge in [0, 0.05) is 48.7 Å². The Morgan fingerprint density at radius 3 is 2.19 bits per heavy atom. The number of nitrogens with zero attached hydrogens (tertiary/aromatic N) is 1. The highest BCUT2D eigenvalue weighted by Gasteiger charge is 2.38. The number of alkyl halides is 6. The lowest BCUT2D eigenvalue weighted by atomic mass is 9.98. The maximum Gasteiger partial charge on any atom is 0.416 e. The highest BCUT2D eigenvalue weighted by molar-refractivity contribution is 6.42. The molecule has 2 N–H and O–H groups in total. The van der Waals surface area contributed by atoms with E-state index < -0.39 is 41.0 Å². The predicted molar refractivity (Wildman–Crippen MR) is 152 cm³/mol. The van der Waals surface area contributed by atoms with Crippen molar-refractivity contribution in [2.45, 2.75) is 44.2 Å². The molecule has 0 bridgehead atoms. The van der Waals surface area contributed by atoms with Crippen LogP contribution in [0.1, 0.15) is 45.5 Å². The average Bonchev–Trinajstić information content (AvgIpc) is 3.36. The third-order valence-corrected chi connectivity index (χ3v) is 7.75. The van der Waals surface area contributed by atoms with Gasteiger partial charge < -0.3 is 15.2 Å². The number of para-hydroxylation sites is 1. The fraction of sp³-hybridized carbons (Fsp3) is 0.267. The van der Waals surface area contributed by atoms with E-state index in [0.717, 1.165) is 21.4 Å². The van der Waals surface area contributed by atoms with Crippen molar-refractivity contribution < 1.29 is 35.9 Å². The Kier molecular flexibility index (Phi) is 9.66. The van der Waals surface area contributed by atoms with E-state index in [0.29, 0.717) is 27.7 Å². The lowest BCUT2D eigenvalue weighted by molar-refractivity contribution is -0.143. The van der Waals surface area contributed by atoms with E-state index in [1.807, 2.05) is 18.2 Å². The van der Waals surface area contributed by atoms with Crippen LogP contribution in [0.5, 0.6) is 0 Å². The number of rotatable bonds is 9. The van der Waals surface area contributed by atoms with E-state index in [4.69, 9.17) is 23.2 Å². The Bertz CT molecular complexity index is 1600. The maximum atomic E-state index is 13.5. The van der Waals surface area contributed by atoms with Crippen LogP contribution in [0, 0.1) is 0 Å². The predicted octanol–water partition coefficient (Wildman–Crippen LogP) is 8.29. The summed E-state index contributed by atoms with van der Waals surface area (Å²) in [6, 6.07) is 12.2. The second kappa shape index (κ2) is 12.9. The topological polar surface area (TPSA) is 65.2 Å². The molecule has 1 aromatic heterocycles. The lowest BCUT2D eigenvalue weighted by Crippen LogP contribution is -2.39. The Morgan fingerprint density at radius 2 is 1.56 bits per heavy atom. The fourth-order valence-corrected chi connectivity index (χ4v) is 4.99. The summed E-state index contributed by atoms with van der Waals surface area (Å²) in [5, 5.41) is 4.24. The summed E-state index contributed by atoms with van der Waals surface area (Å²) >= 11 is 11.9. The summed E-state index contributed by atoms with van der Waals surface area (Å²) in [6.07, 6.45) is -8.33. The SMILES string of the molecule is CN(C(=O)c1cc(C(F)(F)F)cc(C(F)(F)F)c1)C(CCC(=O)NCc1ccc(Cl)c(Cl)c1)Cc1c[nH]c2ccccc12. The molecule has 0 aliphatic heterocycles. The summed E-state index contributed by atoms with van der Waals surface area (Å²) in [6.45, 7) is 0.141. The van der Waals surface area contributed by atoms with Crippen LogP contribution in [0.15, 0.2) is 66.9 Å². The van der Waals surface area contributed by atoms with E-state index in [1.54, 1.807) is 30.5 Å². The van der Waals surface area contributed by atoms with Crippen LogP contribution in [0.25, 0.3) is 10.9 Å². The number of amides is 2. The number of halogens is 8. The zero-order chi connectivity index (χ0) is 31.5. The van der Waals surface area contributed by atoms with E-state index in [-0.39, 0.29) is 37.8 Å². The zero-order valence-electron chi connectivity index (χ0n) is 22.5. The highest BCUT2D eigenvalue weighted by atomic mass is 35.5. The highest BCUT2D eigenvalue weighted by Crippen LogP contribution is 2.37. The smallest absolute Gasteiger partial charge is 0.361 e. The van der Waals surface area contributed by atoms with Crippen molar-refractivity contribution in [3.63, 3.8) is 0 Å². The van der Waals surface area contributed by atoms with Crippen molar-refractivity contribution in [2.24, 2.45) is 0 Å². The van der Waals surface area contributed by atoms with Crippen molar-refractivity contribution in [2.75, 3.05) is 7.05 Å². The summed E-state index contributed by atoms with van der Waals surface area (Å²) in [4.78, 5) is 30.3. The van der Waals surface area contributed by atoms with Crippen LogP contribution in [0.3, 0.4) is 0 Å². The molecule has 0 radical (unpaired) electrons. The second-order valence-corrected chi connectivity index (χ2v) is 10.8. The molecular formula is C30H25Cl2F6N3O2. The Hall–Kier alpha value is -3.70. The number of hydrogen-bond acceptors (Lipinski definition) is 2. The van der Waals surface area contributed by atoms with Crippen LogP contribution in [-0.2, 0) is 30.1 Å². The molecule has 1 atom stereocenters. The number of carbonyl (C=O) groups is 2. The maximum absolute atomic E-state index is 13.5. The molecule has 2 amide bonds. The van der Waals surface area contributed by atoms with Crippen molar-refractivity contribution in [3.8, 4) is 0 Å². The normalized spacial score (nSPS) is 12.8. The number of fused-ring (bicyclic) bond motifs is 1. The monoisotopic (exact) mass is 643 g/mol. The van der Waals surface area contributed by atoms with Crippen LogP contribution in [-0.4, -0.2) is 34.8 Å². The Labute approximate surface area is 252 Å². The summed E-state index contributed by atoms with van der Waals surface area (Å²) in [5.41, 5.74) is -1.69. The summed E-state index contributed by atoms with van der Waals surface area (Å²) in [7, 11) is 1.29. The first-order valence-electron chi connectivity index (χ1n) is 13.0. The van der Waals surface area contributed by atoms with E-state index in [9.17, 15) is 35.9 Å². The van der Waals surface area contributed by atoms with Gasteiger partial charge in [0.2, 0.25) is 5.91 Å².